The molecule has 0 bridgehead atoms. The highest BCUT2D eigenvalue weighted by Crippen LogP contribution is 2.36. The maximum atomic E-state index is 13.2. The number of carboxylic acid groups (broad SMARTS) is 1. The van der Waals surface area contributed by atoms with Crippen LogP contribution in [0, 0.1) is 0 Å². The molecule has 1 saturated heterocycles. The molecule has 0 unspecified atom stereocenters. The number of aliphatic carboxylic acids is 1. The Morgan fingerprint density at radius 2 is 1.72 bits per heavy atom. The van der Waals surface area contributed by atoms with Gasteiger partial charge in [0.15, 0.2) is 29.3 Å². The molecule has 1 aliphatic heterocycles. The molecular weight excluding hydrogens is 562 g/mol. The number of rotatable bonds is 9. The molecule has 0 aliphatic carbocycles. The van der Waals surface area contributed by atoms with Crippen LogP contribution in [0.4, 0.5) is 10.6 Å². The quantitative estimate of drug-likeness (QED) is 0.218. The lowest BCUT2D eigenvalue weighted by molar-refractivity contribution is -0.154. The highest BCUT2D eigenvalue weighted by Gasteiger charge is 2.54. The number of fused-ring (bicyclic) bond motifs is 1. The summed E-state index contributed by atoms with van der Waals surface area (Å²) in [5.74, 6) is -2.80. The van der Waals surface area contributed by atoms with E-state index in [0.29, 0.717) is 16.0 Å². The Bertz CT molecular complexity index is 1630. The number of amides is 3. The summed E-state index contributed by atoms with van der Waals surface area (Å²) < 4.78 is 12.3. The van der Waals surface area contributed by atoms with Gasteiger partial charge in [0.05, 0.1) is 6.33 Å². The minimum Gasteiger partial charge on any atom is -0.479 e. The lowest BCUT2D eigenvalue weighted by atomic mass is 10.0. The SMILES string of the molecule is NCCC(=O)N(C(=O)OCc1ccccc1)[C@H]1[C@@H](O)[C@H](n2cnc3c(NC(=O)c4ccccc4)ncnc32)O[C@@H]1C(=O)O. The maximum Gasteiger partial charge on any atom is 0.417 e. The fourth-order valence-electron chi connectivity index (χ4n) is 4.70. The van der Waals surface area contributed by atoms with E-state index >= 15 is 0 Å². The standard InChI is InChI=1S/C28H27N7O8/c29-12-11-18(36)35(28(41)42-13-16-7-3-1-4-8-16)20-21(37)26(43-22(20)27(39)40)34-15-32-19-23(30-14-31-24(19)34)33-25(38)17-9-5-2-6-10-17/h1-10,14-15,20-22,26,37H,11-13,29H2,(H,39,40)(H,30,31,33,38)/t20-,21+,22-,26+/m0/s1. The Labute approximate surface area is 243 Å². The van der Waals surface area contributed by atoms with E-state index < -0.39 is 48.4 Å². The number of carbonyl (C=O) groups excluding carboxylic acids is 3. The summed E-state index contributed by atoms with van der Waals surface area (Å²) >= 11 is 0. The normalized spacial score (nSPS) is 19.6. The second kappa shape index (κ2) is 12.7. The maximum absolute atomic E-state index is 13.2. The zero-order valence-corrected chi connectivity index (χ0v) is 22.5. The van der Waals surface area contributed by atoms with Gasteiger partial charge in [0.2, 0.25) is 5.91 Å². The Morgan fingerprint density at radius 1 is 1.02 bits per heavy atom. The highest BCUT2D eigenvalue weighted by atomic mass is 16.6. The molecule has 5 N–H and O–H groups in total. The van der Waals surface area contributed by atoms with Crippen molar-refractivity contribution < 1.29 is 38.9 Å². The van der Waals surface area contributed by atoms with Crippen molar-refractivity contribution in [3.05, 3.63) is 84.4 Å². The Kier molecular flexibility index (Phi) is 8.66. The topological polar surface area (TPSA) is 212 Å². The molecule has 4 atom stereocenters. The monoisotopic (exact) mass is 589 g/mol. The van der Waals surface area contributed by atoms with Crippen molar-refractivity contribution in [1.82, 2.24) is 24.4 Å². The average molecular weight is 590 g/mol. The van der Waals surface area contributed by atoms with Gasteiger partial charge < -0.3 is 30.7 Å². The molecule has 1 fully saturated rings. The van der Waals surface area contributed by atoms with Crippen molar-refractivity contribution in [2.24, 2.45) is 5.73 Å². The number of hydrogen-bond donors (Lipinski definition) is 4. The fourth-order valence-corrected chi connectivity index (χ4v) is 4.70. The third-order valence-corrected chi connectivity index (χ3v) is 6.71. The summed E-state index contributed by atoms with van der Waals surface area (Å²) in [5, 5.41) is 24.0. The molecule has 3 heterocycles. The number of aliphatic hydroxyl groups excluding tert-OH is 1. The summed E-state index contributed by atoms with van der Waals surface area (Å²) in [6.45, 7) is -0.357. The molecule has 43 heavy (non-hydrogen) atoms. The van der Waals surface area contributed by atoms with Crippen molar-refractivity contribution in [2.45, 2.75) is 37.5 Å². The van der Waals surface area contributed by atoms with Crippen LogP contribution in [0.3, 0.4) is 0 Å². The van der Waals surface area contributed by atoms with Crippen LogP contribution in [0.1, 0.15) is 28.6 Å². The number of aromatic nitrogens is 4. The molecular formula is C28H27N7O8. The summed E-state index contributed by atoms with van der Waals surface area (Å²) in [4.78, 5) is 64.3. The molecule has 15 nitrogen and oxygen atoms in total. The van der Waals surface area contributed by atoms with Crippen LogP contribution in [-0.4, -0.2) is 83.3 Å². The van der Waals surface area contributed by atoms with Gasteiger partial charge in [-0.25, -0.2) is 29.4 Å². The van der Waals surface area contributed by atoms with Crippen molar-refractivity contribution in [3.8, 4) is 0 Å². The summed E-state index contributed by atoms with van der Waals surface area (Å²) in [6.07, 6.45) is -4.21. The van der Waals surface area contributed by atoms with Gasteiger partial charge in [-0.05, 0) is 17.7 Å². The van der Waals surface area contributed by atoms with E-state index in [1.54, 1.807) is 60.7 Å². The minimum atomic E-state index is -1.84. The van der Waals surface area contributed by atoms with Crippen molar-refractivity contribution in [1.29, 1.82) is 0 Å². The molecule has 0 radical (unpaired) electrons. The second-order valence-electron chi connectivity index (χ2n) is 9.48. The number of ether oxygens (including phenoxy) is 2. The third-order valence-electron chi connectivity index (χ3n) is 6.71. The number of carbonyl (C=O) groups is 4. The Morgan fingerprint density at radius 3 is 2.40 bits per heavy atom. The molecule has 15 heteroatoms. The second-order valence-corrected chi connectivity index (χ2v) is 9.48. The van der Waals surface area contributed by atoms with Crippen LogP contribution >= 0.6 is 0 Å². The van der Waals surface area contributed by atoms with E-state index in [1.807, 2.05) is 0 Å². The average Bonchev–Trinajstić information content (AvgIpc) is 3.59. The van der Waals surface area contributed by atoms with E-state index in [2.05, 4.69) is 20.3 Å². The van der Waals surface area contributed by atoms with E-state index in [9.17, 15) is 29.4 Å². The summed E-state index contributed by atoms with van der Waals surface area (Å²) in [7, 11) is 0. The molecule has 2 aromatic carbocycles. The van der Waals surface area contributed by atoms with Gasteiger partial charge in [-0.2, -0.15) is 0 Å². The first-order valence-corrected chi connectivity index (χ1v) is 13.1. The molecule has 5 rings (SSSR count). The zero-order valence-electron chi connectivity index (χ0n) is 22.5. The van der Waals surface area contributed by atoms with Gasteiger partial charge in [0.1, 0.15) is 25.1 Å². The van der Waals surface area contributed by atoms with E-state index in [-0.39, 0.29) is 36.6 Å². The van der Waals surface area contributed by atoms with Crippen LogP contribution in [0.2, 0.25) is 0 Å². The summed E-state index contributed by atoms with van der Waals surface area (Å²) in [5.41, 5.74) is 6.74. The Balaban J connectivity index is 1.44. The number of hydrogen-bond acceptors (Lipinski definition) is 11. The first-order valence-electron chi connectivity index (χ1n) is 13.1. The van der Waals surface area contributed by atoms with Gasteiger partial charge in [-0.3, -0.25) is 14.2 Å². The molecule has 2 aromatic heterocycles. The van der Waals surface area contributed by atoms with Crippen LogP contribution in [0.15, 0.2) is 73.3 Å². The molecule has 1 aliphatic rings. The predicted octanol–water partition coefficient (Wildman–Crippen LogP) is 1.30. The molecule has 3 amide bonds. The highest BCUT2D eigenvalue weighted by molar-refractivity contribution is 6.06. The number of nitrogens with one attached hydrogen (secondary N) is 1. The predicted molar refractivity (Wildman–Crippen MR) is 148 cm³/mol. The van der Waals surface area contributed by atoms with Gasteiger partial charge in [-0.1, -0.05) is 48.5 Å². The number of nitrogens with zero attached hydrogens (tertiary/aromatic N) is 5. The van der Waals surface area contributed by atoms with Gasteiger partial charge in [0, 0.05) is 18.5 Å². The minimum absolute atomic E-state index is 0.0562. The number of imidazole rings is 1. The van der Waals surface area contributed by atoms with Crippen LogP contribution in [0.25, 0.3) is 11.2 Å². The molecule has 0 spiro atoms. The van der Waals surface area contributed by atoms with Gasteiger partial charge in [0.25, 0.3) is 5.91 Å². The van der Waals surface area contributed by atoms with E-state index in [0.717, 1.165) is 6.33 Å². The molecule has 0 saturated carbocycles. The lowest BCUT2D eigenvalue weighted by Crippen LogP contribution is -2.55. The number of nitrogens with two attached hydrogens (primary N) is 1. The van der Waals surface area contributed by atoms with E-state index in [1.165, 1.54) is 10.9 Å². The van der Waals surface area contributed by atoms with Crippen LogP contribution in [0.5, 0.6) is 0 Å². The van der Waals surface area contributed by atoms with Crippen molar-refractivity contribution >= 4 is 40.9 Å². The van der Waals surface area contributed by atoms with E-state index in [4.69, 9.17) is 15.2 Å². The zero-order chi connectivity index (χ0) is 30.5. The van der Waals surface area contributed by atoms with Gasteiger partial charge in [-0.15, -0.1) is 0 Å². The smallest absolute Gasteiger partial charge is 0.417 e. The van der Waals surface area contributed by atoms with Crippen LogP contribution < -0.4 is 11.1 Å². The Hall–Kier alpha value is -5.25. The molecule has 4 aromatic rings. The van der Waals surface area contributed by atoms with Crippen LogP contribution in [-0.2, 0) is 25.7 Å². The fraction of sp³-hybridized carbons (Fsp3) is 0.250. The van der Waals surface area contributed by atoms with Crippen molar-refractivity contribution in [3.63, 3.8) is 0 Å². The number of aliphatic hydroxyl groups is 1. The lowest BCUT2D eigenvalue weighted by Gasteiger charge is -2.30. The number of anilines is 1. The number of imide groups is 1. The first-order chi connectivity index (χ1) is 20.8. The molecule has 222 valence electrons. The third kappa shape index (κ3) is 6.04. The van der Waals surface area contributed by atoms with Crippen molar-refractivity contribution in [2.75, 3.05) is 11.9 Å². The summed E-state index contributed by atoms with van der Waals surface area (Å²) in [6, 6.07) is 15.3. The number of benzene rings is 2. The number of carboxylic acids is 1. The first kappa shape index (κ1) is 29.2. The van der Waals surface area contributed by atoms with Gasteiger partial charge >= 0.3 is 12.1 Å². The largest absolute Gasteiger partial charge is 0.479 e.